The van der Waals surface area contributed by atoms with Gasteiger partial charge in [0, 0.05) is 43.3 Å². The maximum Gasteiger partial charge on any atom is 0.416 e. The number of rotatable bonds is 3. The van der Waals surface area contributed by atoms with Crippen LogP contribution < -0.4 is 15.3 Å². The van der Waals surface area contributed by atoms with E-state index in [2.05, 4.69) is 5.43 Å². The summed E-state index contributed by atoms with van der Waals surface area (Å²) in [5, 5.41) is 1.84. The van der Waals surface area contributed by atoms with E-state index in [1.807, 2.05) is 4.90 Å². The van der Waals surface area contributed by atoms with Crippen LogP contribution in [0.1, 0.15) is 12.0 Å². The highest BCUT2D eigenvalue weighted by molar-refractivity contribution is 6.30. The average Bonchev–Trinajstić information content (AvgIpc) is 2.79. The monoisotopic (exact) mass is 464 g/mol. The Kier molecular flexibility index (Phi) is 6.01. The molecule has 0 atom stereocenters. The van der Waals surface area contributed by atoms with Crippen LogP contribution in [0.4, 0.5) is 24.5 Å². The van der Waals surface area contributed by atoms with Crippen molar-refractivity contribution in [1.82, 2.24) is 10.3 Å². The highest BCUT2D eigenvalue weighted by atomic mass is 35.5. The van der Waals surface area contributed by atoms with Crippen LogP contribution in [0.3, 0.4) is 0 Å². The molecule has 0 unspecified atom stereocenters. The quantitative estimate of drug-likeness (QED) is 0.750. The molecule has 4 rings (SSSR count). The van der Waals surface area contributed by atoms with Crippen LogP contribution in [0.2, 0.25) is 5.02 Å². The molecule has 0 aliphatic carbocycles. The number of hydrogen-bond acceptors (Lipinski definition) is 4. The first-order valence-electron chi connectivity index (χ1n) is 9.99. The van der Waals surface area contributed by atoms with Crippen molar-refractivity contribution in [2.45, 2.75) is 12.6 Å². The predicted octanol–water partition coefficient (Wildman–Crippen LogP) is 3.83. The molecule has 10 heteroatoms. The largest absolute Gasteiger partial charge is 0.416 e. The molecule has 0 bridgehead atoms. The number of piperazine rings is 1. The lowest BCUT2D eigenvalue weighted by Gasteiger charge is -2.38. The fourth-order valence-electron chi connectivity index (χ4n) is 3.66. The number of benzene rings is 2. The summed E-state index contributed by atoms with van der Waals surface area (Å²) >= 11 is 5.90. The van der Waals surface area contributed by atoms with Gasteiger partial charge in [0.15, 0.2) is 0 Å². The fraction of sp³-hybridized carbons (Fsp3) is 0.273. The lowest BCUT2D eigenvalue weighted by Crippen LogP contribution is -2.53. The molecule has 168 valence electrons. The van der Waals surface area contributed by atoms with Crippen LogP contribution in [-0.2, 0) is 15.8 Å². The Morgan fingerprint density at radius 1 is 0.969 bits per heavy atom. The van der Waals surface area contributed by atoms with Crippen molar-refractivity contribution in [2.24, 2.45) is 0 Å². The van der Waals surface area contributed by atoms with Crippen molar-refractivity contribution < 1.29 is 22.8 Å². The van der Waals surface area contributed by atoms with Crippen LogP contribution >= 0.6 is 11.6 Å². The molecule has 2 aliphatic heterocycles. The smallest absolute Gasteiger partial charge is 0.368 e. The van der Waals surface area contributed by atoms with Gasteiger partial charge in [-0.2, -0.15) is 13.2 Å². The predicted molar refractivity (Wildman–Crippen MR) is 115 cm³/mol. The molecule has 6 nitrogen and oxygen atoms in total. The number of carbonyl (C=O) groups excluding carboxylic acids is 2. The number of amides is 2. The van der Waals surface area contributed by atoms with Crippen molar-refractivity contribution in [3.05, 3.63) is 70.9 Å². The second-order valence-electron chi connectivity index (χ2n) is 7.47. The lowest BCUT2D eigenvalue weighted by molar-refractivity contribution is -0.137. The van der Waals surface area contributed by atoms with Crippen LogP contribution in [-0.4, -0.2) is 42.9 Å². The SMILES string of the molecule is O=C(C1=CCC(=O)N(c2ccc(Cl)cc2)N1)N1CCN(c2cccc(C(F)(F)F)c2)CC1. The minimum Gasteiger partial charge on any atom is -0.368 e. The molecular formula is C22H20ClF3N4O2. The summed E-state index contributed by atoms with van der Waals surface area (Å²) in [6, 6.07) is 11.8. The van der Waals surface area contributed by atoms with Crippen molar-refractivity contribution in [2.75, 3.05) is 36.1 Å². The lowest BCUT2D eigenvalue weighted by atomic mass is 10.1. The van der Waals surface area contributed by atoms with Gasteiger partial charge >= 0.3 is 6.18 Å². The number of carbonyl (C=O) groups is 2. The number of nitrogens with zero attached hydrogens (tertiary/aromatic N) is 3. The third-order valence-electron chi connectivity index (χ3n) is 5.38. The first-order chi connectivity index (χ1) is 15.2. The van der Waals surface area contributed by atoms with Gasteiger partial charge in [0.1, 0.15) is 5.70 Å². The van der Waals surface area contributed by atoms with Gasteiger partial charge in [0.25, 0.3) is 5.91 Å². The standard InChI is InChI=1S/C22H20ClF3N4O2/c23-16-4-6-17(7-5-16)30-20(31)9-8-19(27-30)21(32)29-12-10-28(11-13-29)18-3-1-2-15(14-18)22(24,25)26/h1-8,14,27H,9-13H2. The molecule has 0 radical (unpaired) electrons. The number of nitrogens with one attached hydrogen (secondary N) is 1. The van der Waals surface area contributed by atoms with Gasteiger partial charge in [-0.05, 0) is 48.5 Å². The van der Waals surface area contributed by atoms with E-state index in [0.29, 0.717) is 42.6 Å². The summed E-state index contributed by atoms with van der Waals surface area (Å²) in [6.07, 6.45) is -2.78. The third-order valence-corrected chi connectivity index (χ3v) is 5.64. The first kappa shape index (κ1) is 22.0. The van der Waals surface area contributed by atoms with E-state index in [1.54, 1.807) is 41.3 Å². The summed E-state index contributed by atoms with van der Waals surface area (Å²) in [5.41, 5.74) is 3.50. The van der Waals surface area contributed by atoms with Crippen LogP contribution in [0.15, 0.2) is 60.3 Å². The second-order valence-corrected chi connectivity index (χ2v) is 7.90. The van der Waals surface area contributed by atoms with Crippen molar-refractivity contribution in [3.8, 4) is 0 Å². The maximum atomic E-state index is 13.0. The van der Waals surface area contributed by atoms with Crippen LogP contribution in [0.5, 0.6) is 0 Å². The molecule has 2 aliphatic rings. The van der Waals surface area contributed by atoms with E-state index in [4.69, 9.17) is 11.6 Å². The van der Waals surface area contributed by atoms with Gasteiger partial charge in [0.2, 0.25) is 5.91 Å². The second kappa shape index (κ2) is 8.74. The van der Waals surface area contributed by atoms with E-state index in [0.717, 1.165) is 12.1 Å². The molecule has 1 fully saturated rings. The number of halogens is 4. The Labute approximate surface area is 187 Å². The zero-order chi connectivity index (χ0) is 22.9. The van der Waals surface area contributed by atoms with Crippen LogP contribution in [0, 0.1) is 0 Å². The normalized spacial score (nSPS) is 17.2. The zero-order valence-corrected chi connectivity index (χ0v) is 17.7. The summed E-state index contributed by atoms with van der Waals surface area (Å²) in [5.74, 6) is -0.474. The number of hydrogen-bond donors (Lipinski definition) is 1. The van der Waals surface area contributed by atoms with E-state index in [9.17, 15) is 22.8 Å². The van der Waals surface area contributed by atoms with Crippen molar-refractivity contribution in [3.63, 3.8) is 0 Å². The Hall–Kier alpha value is -3.20. The Morgan fingerprint density at radius 2 is 1.66 bits per heavy atom. The minimum absolute atomic E-state index is 0.0703. The van der Waals surface area contributed by atoms with E-state index in [-0.39, 0.29) is 23.9 Å². The molecule has 2 aromatic rings. The minimum atomic E-state index is -4.40. The third kappa shape index (κ3) is 4.67. The Bertz CT molecular complexity index is 1050. The molecule has 32 heavy (non-hydrogen) atoms. The Morgan fingerprint density at radius 3 is 2.31 bits per heavy atom. The van der Waals surface area contributed by atoms with Crippen molar-refractivity contribution >= 4 is 34.8 Å². The van der Waals surface area contributed by atoms with Crippen LogP contribution in [0.25, 0.3) is 0 Å². The van der Waals surface area contributed by atoms with Crippen molar-refractivity contribution in [1.29, 1.82) is 0 Å². The molecule has 0 saturated carbocycles. The fourth-order valence-corrected chi connectivity index (χ4v) is 3.79. The molecule has 2 heterocycles. The van der Waals surface area contributed by atoms with Gasteiger partial charge in [-0.1, -0.05) is 17.7 Å². The van der Waals surface area contributed by atoms with E-state index < -0.39 is 11.7 Å². The molecule has 1 N–H and O–H groups in total. The zero-order valence-electron chi connectivity index (χ0n) is 16.9. The molecule has 1 saturated heterocycles. The highest BCUT2D eigenvalue weighted by Gasteiger charge is 2.32. The number of anilines is 2. The van der Waals surface area contributed by atoms with E-state index >= 15 is 0 Å². The van der Waals surface area contributed by atoms with Gasteiger partial charge < -0.3 is 9.80 Å². The van der Waals surface area contributed by atoms with Gasteiger partial charge in [-0.15, -0.1) is 0 Å². The summed E-state index contributed by atoms with van der Waals surface area (Å²) in [4.78, 5) is 28.7. The molecule has 2 amide bonds. The number of hydrazine groups is 1. The van der Waals surface area contributed by atoms with Gasteiger partial charge in [-0.25, -0.2) is 5.01 Å². The molecular weight excluding hydrogens is 445 g/mol. The summed E-state index contributed by atoms with van der Waals surface area (Å²) < 4.78 is 39.0. The summed E-state index contributed by atoms with van der Waals surface area (Å²) in [6.45, 7) is 1.51. The topological polar surface area (TPSA) is 55.9 Å². The van der Waals surface area contributed by atoms with Gasteiger partial charge in [-0.3, -0.25) is 15.0 Å². The first-order valence-corrected chi connectivity index (χ1v) is 10.4. The summed E-state index contributed by atoms with van der Waals surface area (Å²) in [7, 11) is 0. The van der Waals surface area contributed by atoms with E-state index in [1.165, 1.54) is 11.1 Å². The molecule has 0 spiro atoms. The Balaban J connectivity index is 1.40. The average molecular weight is 465 g/mol. The van der Waals surface area contributed by atoms with Gasteiger partial charge in [0.05, 0.1) is 11.3 Å². The maximum absolute atomic E-state index is 13.0. The highest BCUT2D eigenvalue weighted by Crippen LogP contribution is 2.32. The molecule has 0 aromatic heterocycles. The molecule has 2 aromatic carbocycles. The number of alkyl halides is 3.